The molecule has 0 radical (unpaired) electrons. The van der Waals surface area contributed by atoms with Gasteiger partial charge in [0, 0.05) is 36.8 Å². The second-order valence-electron chi connectivity index (χ2n) is 4.40. The topological polar surface area (TPSA) is 3.24 Å². The van der Waals surface area contributed by atoms with E-state index in [0.717, 1.165) is 19.6 Å². The molecule has 0 aliphatic carbocycles. The summed E-state index contributed by atoms with van der Waals surface area (Å²) in [4.78, 5) is 2.39. The zero-order valence-electron chi connectivity index (χ0n) is 9.03. The molecule has 1 saturated heterocycles. The van der Waals surface area contributed by atoms with Gasteiger partial charge in [0.25, 0.3) is 0 Å². The number of benzene rings is 1. The molecule has 0 amide bonds. The molecule has 1 fully saturated rings. The molecule has 2 rings (SSSR count). The number of hydrogen-bond acceptors (Lipinski definition) is 1. The fourth-order valence-electron chi connectivity index (χ4n) is 2.06. The van der Waals surface area contributed by atoms with Crippen molar-refractivity contribution in [2.24, 2.45) is 5.41 Å². The smallest absolute Gasteiger partial charge is 0.0316 e. The fraction of sp³-hybridized carbons (Fsp3) is 0.500. The van der Waals surface area contributed by atoms with Crippen LogP contribution in [0.5, 0.6) is 0 Å². The number of likely N-dealkylation sites (tertiary alicyclic amines) is 1. The molecule has 1 aliphatic heterocycles. The Bertz CT molecular complexity index is 303. The summed E-state index contributed by atoms with van der Waals surface area (Å²) in [7, 11) is 0. The van der Waals surface area contributed by atoms with E-state index in [-0.39, 0.29) is 17.8 Å². The lowest BCUT2D eigenvalue weighted by Gasteiger charge is -2.48. The van der Waals surface area contributed by atoms with Crippen LogP contribution < -0.4 is 0 Å². The van der Waals surface area contributed by atoms with E-state index in [1.807, 2.05) is 6.07 Å². The van der Waals surface area contributed by atoms with E-state index < -0.39 is 0 Å². The number of alkyl halides is 2. The van der Waals surface area contributed by atoms with Crippen LogP contribution in [-0.4, -0.2) is 29.7 Å². The Balaban J connectivity index is 0.00000128. The SMILES string of the molecule is Cl.ClCC1(CCl)CN(Cc2ccccc2)C1. The lowest BCUT2D eigenvalue weighted by Crippen LogP contribution is -2.57. The van der Waals surface area contributed by atoms with Crippen LogP contribution in [-0.2, 0) is 6.54 Å². The maximum absolute atomic E-state index is 5.92. The first kappa shape index (κ1) is 14.1. The van der Waals surface area contributed by atoms with Crippen LogP contribution in [0.4, 0.5) is 0 Å². The van der Waals surface area contributed by atoms with Crippen LogP contribution in [0.25, 0.3) is 0 Å². The normalized spacial score (nSPS) is 18.6. The van der Waals surface area contributed by atoms with Gasteiger partial charge in [-0.3, -0.25) is 4.90 Å². The van der Waals surface area contributed by atoms with Crippen LogP contribution in [0.2, 0.25) is 0 Å². The highest BCUT2D eigenvalue weighted by Gasteiger charge is 2.41. The highest BCUT2D eigenvalue weighted by Crippen LogP contribution is 2.33. The van der Waals surface area contributed by atoms with E-state index in [1.54, 1.807) is 0 Å². The molecule has 0 aromatic heterocycles. The molecular formula is C12H16Cl3N. The molecule has 0 atom stereocenters. The van der Waals surface area contributed by atoms with Crippen molar-refractivity contribution in [2.45, 2.75) is 6.54 Å². The Kier molecular flexibility index (Phi) is 5.39. The average molecular weight is 281 g/mol. The van der Waals surface area contributed by atoms with E-state index in [9.17, 15) is 0 Å². The largest absolute Gasteiger partial charge is 0.298 e. The lowest BCUT2D eigenvalue weighted by atomic mass is 9.83. The third-order valence-electron chi connectivity index (χ3n) is 2.93. The Morgan fingerprint density at radius 1 is 1.06 bits per heavy atom. The van der Waals surface area contributed by atoms with Crippen molar-refractivity contribution >= 4 is 35.6 Å². The second-order valence-corrected chi connectivity index (χ2v) is 4.93. The molecule has 0 N–H and O–H groups in total. The van der Waals surface area contributed by atoms with Crippen LogP contribution >= 0.6 is 35.6 Å². The van der Waals surface area contributed by atoms with Gasteiger partial charge in [-0.15, -0.1) is 35.6 Å². The second kappa shape index (κ2) is 6.11. The van der Waals surface area contributed by atoms with E-state index in [1.165, 1.54) is 5.56 Å². The summed E-state index contributed by atoms with van der Waals surface area (Å²) in [6.07, 6.45) is 0. The van der Waals surface area contributed by atoms with Crippen molar-refractivity contribution < 1.29 is 0 Å². The zero-order valence-corrected chi connectivity index (χ0v) is 11.4. The first-order valence-corrected chi connectivity index (χ1v) is 6.23. The van der Waals surface area contributed by atoms with Gasteiger partial charge >= 0.3 is 0 Å². The fourth-order valence-corrected chi connectivity index (χ4v) is 2.68. The summed E-state index contributed by atoms with van der Waals surface area (Å²) in [6.45, 7) is 3.06. The summed E-state index contributed by atoms with van der Waals surface area (Å²) >= 11 is 11.8. The standard InChI is InChI=1S/C12H15Cl2N.ClH/c13-7-12(8-14)9-15(10-12)6-11-4-2-1-3-5-11;/h1-5H,6-10H2;1H. The van der Waals surface area contributed by atoms with Crippen molar-refractivity contribution in [1.82, 2.24) is 4.90 Å². The van der Waals surface area contributed by atoms with Gasteiger partial charge in [-0.2, -0.15) is 0 Å². The van der Waals surface area contributed by atoms with Gasteiger partial charge in [-0.1, -0.05) is 30.3 Å². The van der Waals surface area contributed by atoms with Gasteiger partial charge in [-0.25, -0.2) is 0 Å². The highest BCUT2D eigenvalue weighted by atomic mass is 35.5. The number of rotatable bonds is 4. The maximum atomic E-state index is 5.92. The molecule has 0 spiro atoms. The third-order valence-corrected chi connectivity index (χ3v) is 4.07. The summed E-state index contributed by atoms with van der Waals surface area (Å²) in [5, 5.41) is 0. The zero-order chi connectivity index (χ0) is 10.7. The highest BCUT2D eigenvalue weighted by molar-refractivity contribution is 6.21. The molecule has 4 heteroatoms. The predicted molar refractivity (Wildman–Crippen MR) is 72.8 cm³/mol. The van der Waals surface area contributed by atoms with E-state index in [4.69, 9.17) is 23.2 Å². The minimum atomic E-state index is 0. The number of hydrogen-bond donors (Lipinski definition) is 0. The molecule has 1 aliphatic rings. The molecule has 1 heterocycles. The van der Waals surface area contributed by atoms with Crippen molar-refractivity contribution in [3.63, 3.8) is 0 Å². The molecule has 0 unspecified atom stereocenters. The molecule has 0 saturated carbocycles. The summed E-state index contributed by atoms with van der Waals surface area (Å²) in [5.74, 6) is 1.34. The maximum Gasteiger partial charge on any atom is 0.0316 e. The van der Waals surface area contributed by atoms with Gasteiger partial charge < -0.3 is 0 Å². The average Bonchev–Trinajstić information content (AvgIpc) is 2.24. The van der Waals surface area contributed by atoms with Crippen LogP contribution in [0.15, 0.2) is 30.3 Å². The first-order chi connectivity index (χ1) is 7.28. The van der Waals surface area contributed by atoms with Gasteiger partial charge in [0.15, 0.2) is 0 Å². The Labute approximate surface area is 113 Å². The molecule has 0 bridgehead atoms. The van der Waals surface area contributed by atoms with E-state index in [2.05, 4.69) is 29.2 Å². The third kappa shape index (κ3) is 3.04. The van der Waals surface area contributed by atoms with Gasteiger partial charge in [-0.05, 0) is 5.56 Å². The summed E-state index contributed by atoms with van der Waals surface area (Å²) in [5.41, 5.74) is 1.52. The molecule has 16 heavy (non-hydrogen) atoms. The van der Waals surface area contributed by atoms with Gasteiger partial charge in [0.1, 0.15) is 0 Å². The number of halogens is 3. The van der Waals surface area contributed by atoms with Crippen molar-refractivity contribution in [2.75, 3.05) is 24.8 Å². The van der Waals surface area contributed by atoms with Crippen molar-refractivity contribution in [3.05, 3.63) is 35.9 Å². The van der Waals surface area contributed by atoms with Gasteiger partial charge in [0.05, 0.1) is 0 Å². The monoisotopic (exact) mass is 279 g/mol. The predicted octanol–water partition coefficient (Wildman–Crippen LogP) is 3.39. The van der Waals surface area contributed by atoms with Crippen LogP contribution in [0, 0.1) is 5.41 Å². The molecular weight excluding hydrogens is 264 g/mol. The minimum absolute atomic E-state index is 0. The summed E-state index contributed by atoms with van der Waals surface area (Å²) in [6, 6.07) is 10.5. The van der Waals surface area contributed by atoms with E-state index in [0.29, 0.717) is 11.8 Å². The number of nitrogens with zero attached hydrogens (tertiary/aromatic N) is 1. The molecule has 90 valence electrons. The Hall–Kier alpha value is 0.0500. The van der Waals surface area contributed by atoms with E-state index >= 15 is 0 Å². The van der Waals surface area contributed by atoms with Crippen LogP contribution in [0.3, 0.4) is 0 Å². The molecule has 1 nitrogen and oxygen atoms in total. The van der Waals surface area contributed by atoms with Crippen molar-refractivity contribution in [3.8, 4) is 0 Å². The Morgan fingerprint density at radius 2 is 1.62 bits per heavy atom. The Morgan fingerprint density at radius 3 is 2.12 bits per heavy atom. The lowest BCUT2D eigenvalue weighted by molar-refractivity contribution is 0.0298. The first-order valence-electron chi connectivity index (χ1n) is 5.16. The molecule has 1 aromatic rings. The minimum Gasteiger partial charge on any atom is -0.298 e. The van der Waals surface area contributed by atoms with Crippen molar-refractivity contribution in [1.29, 1.82) is 0 Å². The summed E-state index contributed by atoms with van der Waals surface area (Å²) < 4.78 is 0. The quantitative estimate of drug-likeness (QED) is 0.764. The van der Waals surface area contributed by atoms with Gasteiger partial charge in [0.2, 0.25) is 0 Å². The van der Waals surface area contributed by atoms with Crippen LogP contribution in [0.1, 0.15) is 5.56 Å². The molecule has 1 aromatic carbocycles.